The number of urea groups is 1. The van der Waals surface area contributed by atoms with Crippen molar-refractivity contribution >= 4 is 27.6 Å². The Labute approximate surface area is 195 Å². The van der Waals surface area contributed by atoms with E-state index in [0.717, 1.165) is 25.7 Å². The molecule has 9 heteroatoms. The fourth-order valence-electron chi connectivity index (χ4n) is 4.34. The number of amides is 3. The molecule has 2 N–H and O–H groups in total. The highest BCUT2D eigenvalue weighted by Gasteiger charge is 2.26. The normalized spacial score (nSPS) is 17.5. The summed E-state index contributed by atoms with van der Waals surface area (Å²) in [6.07, 6.45) is 5.63. The number of sulfonamides is 1. The van der Waals surface area contributed by atoms with Crippen LogP contribution < -0.4 is 10.0 Å². The Hall–Kier alpha value is -3.07. The van der Waals surface area contributed by atoms with Crippen LogP contribution in [0.25, 0.3) is 0 Å². The summed E-state index contributed by atoms with van der Waals surface area (Å²) in [6, 6.07) is 14.8. The van der Waals surface area contributed by atoms with Crippen molar-refractivity contribution in [2.24, 2.45) is 0 Å². The van der Waals surface area contributed by atoms with Crippen LogP contribution in [0.1, 0.15) is 42.5 Å². The van der Waals surface area contributed by atoms with E-state index < -0.39 is 10.0 Å². The Balaban J connectivity index is 1.34. The summed E-state index contributed by atoms with van der Waals surface area (Å²) in [6.45, 7) is 1.84. The molecule has 176 valence electrons. The molecule has 1 saturated carbocycles. The third-order valence-electron chi connectivity index (χ3n) is 6.20. The Kier molecular flexibility index (Phi) is 7.17. The maximum atomic E-state index is 13.0. The van der Waals surface area contributed by atoms with Gasteiger partial charge >= 0.3 is 6.03 Å². The minimum Gasteiger partial charge on any atom is -0.335 e. The van der Waals surface area contributed by atoms with Gasteiger partial charge in [0.05, 0.1) is 4.90 Å². The molecule has 4 rings (SSSR count). The molecule has 2 aromatic carbocycles. The van der Waals surface area contributed by atoms with Gasteiger partial charge in [0.1, 0.15) is 0 Å². The van der Waals surface area contributed by atoms with Gasteiger partial charge in [0.15, 0.2) is 0 Å². The summed E-state index contributed by atoms with van der Waals surface area (Å²) in [5, 5.41) is 3.13. The molecule has 1 aliphatic carbocycles. The van der Waals surface area contributed by atoms with Gasteiger partial charge in [-0.15, -0.1) is 0 Å². The first-order valence-corrected chi connectivity index (χ1v) is 12.9. The van der Waals surface area contributed by atoms with E-state index in [0.29, 0.717) is 37.4 Å². The third-order valence-corrected chi connectivity index (χ3v) is 7.60. The van der Waals surface area contributed by atoms with Gasteiger partial charge in [-0.3, -0.25) is 9.52 Å². The SMILES string of the molecule is O=C(NC1CCCCC1)N1CCN(C(=O)c2cccc(NS(=O)(=O)c3ccccc3)c2)CC1. The van der Waals surface area contributed by atoms with Gasteiger partial charge in [-0.25, -0.2) is 13.2 Å². The van der Waals surface area contributed by atoms with E-state index in [1.165, 1.54) is 18.6 Å². The number of rotatable bonds is 5. The zero-order valence-corrected chi connectivity index (χ0v) is 19.4. The second-order valence-corrected chi connectivity index (χ2v) is 10.2. The first kappa shape index (κ1) is 23.1. The highest BCUT2D eigenvalue weighted by Crippen LogP contribution is 2.20. The van der Waals surface area contributed by atoms with Crippen LogP contribution in [0, 0.1) is 0 Å². The van der Waals surface area contributed by atoms with E-state index in [-0.39, 0.29) is 22.9 Å². The van der Waals surface area contributed by atoms with E-state index in [9.17, 15) is 18.0 Å². The van der Waals surface area contributed by atoms with Gasteiger partial charge in [-0.05, 0) is 43.2 Å². The van der Waals surface area contributed by atoms with Gasteiger partial charge in [0.2, 0.25) is 0 Å². The van der Waals surface area contributed by atoms with E-state index in [1.807, 2.05) is 0 Å². The van der Waals surface area contributed by atoms with Crippen molar-refractivity contribution in [3.63, 3.8) is 0 Å². The number of nitrogens with one attached hydrogen (secondary N) is 2. The van der Waals surface area contributed by atoms with Crippen LogP contribution in [0.3, 0.4) is 0 Å². The molecule has 3 amide bonds. The topological polar surface area (TPSA) is 98.8 Å². The average Bonchev–Trinajstić information content (AvgIpc) is 2.85. The molecule has 1 aliphatic heterocycles. The van der Waals surface area contributed by atoms with Crippen LogP contribution in [0.4, 0.5) is 10.5 Å². The molecule has 0 spiro atoms. The van der Waals surface area contributed by atoms with Gasteiger partial charge in [0.25, 0.3) is 15.9 Å². The number of nitrogens with zero attached hydrogens (tertiary/aromatic N) is 2. The van der Waals surface area contributed by atoms with Crippen molar-refractivity contribution in [2.45, 2.75) is 43.0 Å². The maximum Gasteiger partial charge on any atom is 0.317 e. The summed E-state index contributed by atoms with van der Waals surface area (Å²) < 4.78 is 27.7. The highest BCUT2D eigenvalue weighted by atomic mass is 32.2. The Morgan fingerprint density at radius 1 is 0.818 bits per heavy atom. The Morgan fingerprint density at radius 2 is 1.48 bits per heavy atom. The molecule has 0 bridgehead atoms. The van der Waals surface area contributed by atoms with Gasteiger partial charge < -0.3 is 15.1 Å². The number of hydrogen-bond acceptors (Lipinski definition) is 4. The summed E-state index contributed by atoms with van der Waals surface area (Å²) >= 11 is 0. The van der Waals surface area contributed by atoms with E-state index in [4.69, 9.17) is 0 Å². The van der Waals surface area contributed by atoms with Crippen LogP contribution in [0.2, 0.25) is 0 Å². The lowest BCUT2D eigenvalue weighted by atomic mass is 9.96. The van der Waals surface area contributed by atoms with Crippen molar-refractivity contribution < 1.29 is 18.0 Å². The summed E-state index contributed by atoms with van der Waals surface area (Å²) in [7, 11) is -3.74. The third kappa shape index (κ3) is 5.84. The summed E-state index contributed by atoms with van der Waals surface area (Å²) in [5.41, 5.74) is 0.735. The van der Waals surface area contributed by atoms with Crippen molar-refractivity contribution in [3.8, 4) is 0 Å². The zero-order valence-electron chi connectivity index (χ0n) is 18.6. The Bertz CT molecular complexity index is 1080. The van der Waals surface area contributed by atoms with E-state index in [1.54, 1.807) is 52.3 Å². The summed E-state index contributed by atoms with van der Waals surface area (Å²) in [5.74, 6) is -0.178. The predicted molar refractivity (Wildman–Crippen MR) is 127 cm³/mol. The molecule has 33 heavy (non-hydrogen) atoms. The number of anilines is 1. The number of piperazine rings is 1. The predicted octanol–water partition coefficient (Wildman–Crippen LogP) is 3.29. The second kappa shape index (κ2) is 10.2. The molecule has 2 aromatic rings. The fraction of sp³-hybridized carbons (Fsp3) is 0.417. The monoisotopic (exact) mass is 470 g/mol. The lowest BCUT2D eigenvalue weighted by molar-refractivity contribution is 0.0662. The van der Waals surface area contributed by atoms with E-state index >= 15 is 0 Å². The van der Waals surface area contributed by atoms with Crippen LogP contribution in [0.15, 0.2) is 59.5 Å². The molecule has 8 nitrogen and oxygen atoms in total. The zero-order chi connectivity index (χ0) is 23.3. The quantitative estimate of drug-likeness (QED) is 0.701. The van der Waals surface area contributed by atoms with Crippen LogP contribution in [-0.2, 0) is 10.0 Å². The molecular formula is C24H30N4O4S. The maximum absolute atomic E-state index is 13.0. The molecule has 0 aromatic heterocycles. The average molecular weight is 471 g/mol. The van der Waals surface area contributed by atoms with Crippen molar-refractivity contribution in [1.82, 2.24) is 15.1 Å². The molecule has 1 heterocycles. The first-order chi connectivity index (χ1) is 15.9. The summed E-state index contributed by atoms with van der Waals surface area (Å²) in [4.78, 5) is 29.2. The minimum atomic E-state index is -3.74. The minimum absolute atomic E-state index is 0.0497. The molecule has 0 atom stereocenters. The van der Waals surface area contributed by atoms with Crippen LogP contribution in [0.5, 0.6) is 0 Å². The van der Waals surface area contributed by atoms with E-state index in [2.05, 4.69) is 10.0 Å². The molecule has 1 saturated heterocycles. The number of carbonyl (C=O) groups is 2. The van der Waals surface area contributed by atoms with Crippen LogP contribution >= 0.6 is 0 Å². The largest absolute Gasteiger partial charge is 0.335 e. The molecule has 0 radical (unpaired) electrons. The first-order valence-electron chi connectivity index (χ1n) is 11.4. The number of benzene rings is 2. The highest BCUT2D eigenvalue weighted by molar-refractivity contribution is 7.92. The molecule has 0 unspecified atom stereocenters. The molecule has 2 aliphatic rings. The molecular weight excluding hydrogens is 440 g/mol. The standard InChI is InChI=1S/C24H30N4O4S/c29-23(27-14-16-28(17-15-27)24(30)25-20-9-3-1-4-10-20)19-8-7-11-21(18-19)26-33(31,32)22-12-5-2-6-13-22/h2,5-8,11-13,18,20,26H,1,3-4,9-10,14-17H2,(H,25,30). The number of hydrogen-bond donors (Lipinski definition) is 2. The van der Waals surface area contributed by atoms with Crippen molar-refractivity contribution in [1.29, 1.82) is 0 Å². The fourth-order valence-corrected chi connectivity index (χ4v) is 5.41. The number of carbonyl (C=O) groups excluding carboxylic acids is 2. The van der Waals surface area contributed by atoms with Gasteiger partial charge in [-0.2, -0.15) is 0 Å². The van der Waals surface area contributed by atoms with Gasteiger partial charge in [0, 0.05) is 43.5 Å². The van der Waals surface area contributed by atoms with Crippen molar-refractivity contribution in [3.05, 3.63) is 60.2 Å². The second-order valence-electron chi connectivity index (χ2n) is 8.56. The smallest absolute Gasteiger partial charge is 0.317 e. The molecule has 2 fully saturated rings. The Morgan fingerprint density at radius 3 is 2.18 bits per heavy atom. The van der Waals surface area contributed by atoms with Crippen LogP contribution in [-0.4, -0.2) is 62.4 Å². The lowest BCUT2D eigenvalue weighted by Gasteiger charge is -2.36. The van der Waals surface area contributed by atoms with Crippen molar-refractivity contribution in [2.75, 3.05) is 30.9 Å². The van der Waals surface area contributed by atoms with Gasteiger partial charge in [-0.1, -0.05) is 43.5 Å². The lowest BCUT2D eigenvalue weighted by Crippen LogP contribution is -2.54.